The second-order valence-electron chi connectivity index (χ2n) is 6.77. The van der Waals surface area contributed by atoms with Gasteiger partial charge in [0.2, 0.25) is 12.7 Å². The Morgan fingerprint density at radius 2 is 1.96 bits per heavy atom. The Hall–Kier alpha value is -2.81. The minimum Gasteiger partial charge on any atom is -0.454 e. The number of rotatable bonds is 3. The van der Waals surface area contributed by atoms with Crippen LogP contribution in [0.1, 0.15) is 12.8 Å². The van der Waals surface area contributed by atoms with E-state index in [2.05, 4.69) is 10.6 Å². The molecule has 1 aromatic rings. The van der Waals surface area contributed by atoms with Crippen LogP contribution in [0.2, 0.25) is 0 Å². The SMILES string of the molecule is CN1C(=O)NC2(CCN(CC(=O)Nc3ccc4c(c3)OCO4)CC2)C1=O. The number of nitrogens with one attached hydrogen (secondary N) is 2. The number of hydrogen-bond donors (Lipinski definition) is 2. The predicted octanol–water partition coefficient (Wildman–Crippen LogP) is 0.370. The molecule has 3 aliphatic rings. The Morgan fingerprint density at radius 1 is 1.23 bits per heavy atom. The van der Waals surface area contributed by atoms with Crippen LogP contribution in [0.5, 0.6) is 11.5 Å². The van der Waals surface area contributed by atoms with Crippen LogP contribution < -0.4 is 20.1 Å². The first-order valence-corrected chi connectivity index (χ1v) is 8.49. The van der Waals surface area contributed by atoms with Gasteiger partial charge in [0.15, 0.2) is 11.5 Å². The average molecular weight is 360 g/mol. The van der Waals surface area contributed by atoms with Gasteiger partial charge < -0.3 is 20.1 Å². The first kappa shape index (κ1) is 16.6. The number of benzene rings is 1. The number of amides is 4. The van der Waals surface area contributed by atoms with Crippen LogP contribution in [0.4, 0.5) is 10.5 Å². The number of carbonyl (C=O) groups excluding carboxylic acids is 3. The van der Waals surface area contributed by atoms with Crippen molar-refractivity contribution in [3.05, 3.63) is 18.2 Å². The van der Waals surface area contributed by atoms with Crippen molar-refractivity contribution in [2.75, 3.05) is 38.8 Å². The molecule has 3 aliphatic heterocycles. The standard InChI is InChI=1S/C17H20N4O5/c1-20-15(23)17(19-16(20)24)4-6-21(7-5-17)9-14(22)18-11-2-3-12-13(8-11)26-10-25-12/h2-3,8H,4-7,9-10H2,1H3,(H,18,22)(H,19,24). The number of urea groups is 1. The normalized spacial score (nSPS) is 21.2. The second-order valence-corrected chi connectivity index (χ2v) is 6.77. The smallest absolute Gasteiger partial charge is 0.324 e. The fourth-order valence-electron chi connectivity index (χ4n) is 3.56. The summed E-state index contributed by atoms with van der Waals surface area (Å²) in [5, 5.41) is 5.63. The molecule has 0 saturated carbocycles. The van der Waals surface area contributed by atoms with Crippen LogP contribution in [0, 0.1) is 0 Å². The average Bonchev–Trinajstić information content (AvgIpc) is 3.16. The predicted molar refractivity (Wildman–Crippen MR) is 90.9 cm³/mol. The van der Waals surface area contributed by atoms with Crippen molar-refractivity contribution in [3.63, 3.8) is 0 Å². The lowest BCUT2D eigenvalue weighted by Gasteiger charge is -2.36. The molecule has 0 aromatic heterocycles. The molecular weight excluding hydrogens is 340 g/mol. The molecule has 138 valence electrons. The van der Waals surface area contributed by atoms with Crippen LogP contribution in [0.25, 0.3) is 0 Å². The molecule has 0 atom stereocenters. The molecule has 1 aromatic carbocycles. The number of likely N-dealkylation sites (tertiary alicyclic amines) is 1. The number of anilines is 1. The summed E-state index contributed by atoms with van der Waals surface area (Å²) in [5.74, 6) is 0.950. The summed E-state index contributed by atoms with van der Waals surface area (Å²) < 4.78 is 10.5. The molecule has 0 aliphatic carbocycles. The van der Waals surface area contributed by atoms with Crippen molar-refractivity contribution < 1.29 is 23.9 Å². The monoisotopic (exact) mass is 360 g/mol. The third-order valence-corrected chi connectivity index (χ3v) is 5.10. The van der Waals surface area contributed by atoms with Crippen molar-refractivity contribution >= 4 is 23.5 Å². The maximum Gasteiger partial charge on any atom is 0.324 e. The maximum absolute atomic E-state index is 12.3. The topological polar surface area (TPSA) is 100 Å². The van der Waals surface area contributed by atoms with E-state index in [9.17, 15) is 14.4 Å². The number of carbonyl (C=O) groups is 3. The highest BCUT2D eigenvalue weighted by Crippen LogP contribution is 2.34. The Bertz CT molecular complexity index is 772. The van der Waals surface area contributed by atoms with Gasteiger partial charge in [-0.25, -0.2) is 4.79 Å². The molecule has 2 N–H and O–H groups in total. The number of ether oxygens (including phenoxy) is 2. The number of likely N-dealkylation sites (N-methyl/N-ethyl adjacent to an activating group) is 1. The highest BCUT2D eigenvalue weighted by molar-refractivity contribution is 6.06. The Kier molecular flexibility index (Phi) is 3.95. The van der Waals surface area contributed by atoms with Crippen molar-refractivity contribution in [2.45, 2.75) is 18.4 Å². The highest BCUT2D eigenvalue weighted by atomic mass is 16.7. The van der Waals surface area contributed by atoms with Gasteiger partial charge in [-0.2, -0.15) is 0 Å². The summed E-state index contributed by atoms with van der Waals surface area (Å²) in [5.41, 5.74) is -0.163. The van der Waals surface area contributed by atoms with Crippen molar-refractivity contribution in [3.8, 4) is 11.5 Å². The van der Waals surface area contributed by atoms with E-state index in [1.54, 1.807) is 18.2 Å². The third-order valence-electron chi connectivity index (χ3n) is 5.10. The summed E-state index contributed by atoms with van der Waals surface area (Å²) in [7, 11) is 1.48. The maximum atomic E-state index is 12.3. The largest absolute Gasteiger partial charge is 0.454 e. The zero-order valence-corrected chi connectivity index (χ0v) is 14.4. The minimum absolute atomic E-state index is 0.140. The molecule has 9 heteroatoms. The number of fused-ring (bicyclic) bond motifs is 1. The number of piperidine rings is 1. The van der Waals surface area contributed by atoms with E-state index >= 15 is 0 Å². The van der Waals surface area contributed by atoms with Gasteiger partial charge >= 0.3 is 6.03 Å². The van der Waals surface area contributed by atoms with E-state index in [1.807, 2.05) is 4.90 Å². The van der Waals surface area contributed by atoms with Gasteiger partial charge in [0.1, 0.15) is 5.54 Å². The van der Waals surface area contributed by atoms with E-state index in [-0.39, 0.29) is 31.2 Å². The lowest BCUT2D eigenvalue weighted by molar-refractivity contribution is -0.132. The van der Waals surface area contributed by atoms with E-state index in [1.165, 1.54) is 7.05 Å². The molecule has 2 fully saturated rings. The lowest BCUT2D eigenvalue weighted by Crippen LogP contribution is -2.55. The zero-order valence-electron chi connectivity index (χ0n) is 14.4. The number of imide groups is 1. The Balaban J connectivity index is 1.31. The summed E-state index contributed by atoms with van der Waals surface area (Å²) in [6.45, 7) is 1.54. The van der Waals surface area contributed by atoms with Gasteiger partial charge in [-0.05, 0) is 25.0 Å². The van der Waals surface area contributed by atoms with Crippen molar-refractivity contribution in [1.82, 2.24) is 15.1 Å². The second kappa shape index (κ2) is 6.17. The van der Waals surface area contributed by atoms with E-state index < -0.39 is 5.54 Å². The molecular formula is C17H20N4O5. The van der Waals surface area contributed by atoms with Gasteiger partial charge in [0.25, 0.3) is 5.91 Å². The first-order chi connectivity index (χ1) is 12.5. The highest BCUT2D eigenvalue weighted by Gasteiger charge is 2.50. The van der Waals surface area contributed by atoms with Crippen LogP contribution >= 0.6 is 0 Å². The molecule has 0 radical (unpaired) electrons. The lowest BCUT2D eigenvalue weighted by atomic mass is 9.87. The number of nitrogens with zero attached hydrogens (tertiary/aromatic N) is 2. The molecule has 4 rings (SSSR count). The fourth-order valence-corrected chi connectivity index (χ4v) is 3.56. The summed E-state index contributed by atoms with van der Waals surface area (Å²) in [6, 6.07) is 4.89. The molecule has 9 nitrogen and oxygen atoms in total. The molecule has 0 unspecified atom stereocenters. The van der Waals surface area contributed by atoms with Crippen molar-refractivity contribution in [1.29, 1.82) is 0 Å². The van der Waals surface area contributed by atoms with Gasteiger partial charge in [-0.15, -0.1) is 0 Å². The van der Waals surface area contributed by atoms with Gasteiger partial charge in [-0.1, -0.05) is 0 Å². The molecule has 3 heterocycles. The molecule has 1 spiro atoms. The van der Waals surface area contributed by atoms with Crippen LogP contribution in [-0.2, 0) is 9.59 Å². The van der Waals surface area contributed by atoms with Crippen LogP contribution in [-0.4, -0.2) is 66.7 Å². The zero-order chi connectivity index (χ0) is 18.3. The Labute approximate surface area is 150 Å². The summed E-state index contributed by atoms with van der Waals surface area (Å²) in [4.78, 5) is 39.4. The molecule has 0 bridgehead atoms. The van der Waals surface area contributed by atoms with E-state index in [4.69, 9.17) is 9.47 Å². The molecule has 26 heavy (non-hydrogen) atoms. The van der Waals surface area contributed by atoms with Gasteiger partial charge in [0, 0.05) is 31.9 Å². The first-order valence-electron chi connectivity index (χ1n) is 8.49. The van der Waals surface area contributed by atoms with Crippen molar-refractivity contribution in [2.24, 2.45) is 0 Å². The van der Waals surface area contributed by atoms with Crippen LogP contribution in [0.15, 0.2) is 18.2 Å². The van der Waals surface area contributed by atoms with E-state index in [0.717, 1.165) is 4.90 Å². The third kappa shape index (κ3) is 2.84. The van der Waals surface area contributed by atoms with Gasteiger partial charge in [-0.3, -0.25) is 19.4 Å². The van der Waals surface area contributed by atoms with Crippen LogP contribution in [0.3, 0.4) is 0 Å². The molecule has 2 saturated heterocycles. The fraction of sp³-hybridized carbons (Fsp3) is 0.471. The minimum atomic E-state index is -0.809. The molecule has 4 amide bonds. The Morgan fingerprint density at radius 3 is 2.65 bits per heavy atom. The number of hydrogen-bond acceptors (Lipinski definition) is 6. The summed E-state index contributed by atoms with van der Waals surface area (Å²) >= 11 is 0. The summed E-state index contributed by atoms with van der Waals surface area (Å²) in [6.07, 6.45) is 0.998. The van der Waals surface area contributed by atoms with Gasteiger partial charge in [0.05, 0.1) is 6.54 Å². The van der Waals surface area contributed by atoms with E-state index in [0.29, 0.717) is 43.1 Å². The quantitative estimate of drug-likeness (QED) is 0.756.